The summed E-state index contributed by atoms with van der Waals surface area (Å²) in [7, 11) is 2.63. The van der Waals surface area contributed by atoms with Gasteiger partial charge in [-0.25, -0.2) is 19.4 Å². The van der Waals surface area contributed by atoms with Crippen LogP contribution in [0.15, 0.2) is 18.0 Å². The fraction of sp³-hybridized carbons (Fsp3) is 0.579. The van der Waals surface area contributed by atoms with E-state index in [0.717, 1.165) is 27.2 Å². The van der Waals surface area contributed by atoms with Crippen LogP contribution in [-0.4, -0.2) is 67.4 Å². The van der Waals surface area contributed by atoms with Crippen LogP contribution in [0.1, 0.15) is 33.5 Å². The van der Waals surface area contributed by atoms with Gasteiger partial charge in [0, 0.05) is 39.2 Å². The first-order chi connectivity index (χ1) is 14.7. The number of esters is 2. The molecule has 0 aliphatic rings. The first kappa shape index (κ1) is 29.3. The Kier molecular flexibility index (Phi) is 11.9. The summed E-state index contributed by atoms with van der Waals surface area (Å²) in [6.07, 6.45) is 4.25. The molecule has 0 radical (unpaired) electrons. The number of aryl methyl sites for hydroxylation is 1. The molecule has 0 aromatic carbocycles. The van der Waals surface area contributed by atoms with Gasteiger partial charge in [0.1, 0.15) is 11.4 Å². The normalized spacial score (nSPS) is 12.7. The first-order valence-electron chi connectivity index (χ1n) is 9.27. The van der Waals surface area contributed by atoms with Gasteiger partial charge in [0.2, 0.25) is 5.78 Å². The molecule has 1 rings (SSSR count). The van der Waals surface area contributed by atoms with E-state index in [1.165, 1.54) is 7.11 Å². The number of carbonyl (C=O) groups is 3. The van der Waals surface area contributed by atoms with Gasteiger partial charge in [-0.3, -0.25) is 9.88 Å². The topological polar surface area (TPSA) is 144 Å². The van der Waals surface area contributed by atoms with Gasteiger partial charge in [-0.15, -0.1) is 0 Å². The zero-order valence-corrected chi connectivity index (χ0v) is 20.7. The van der Waals surface area contributed by atoms with Gasteiger partial charge in [-0.05, 0) is 33.8 Å². The zero-order chi connectivity index (χ0) is 25.1. The Balaban J connectivity index is 0.000000641. The van der Waals surface area contributed by atoms with Crippen LogP contribution in [0.5, 0.6) is 0 Å². The standard InChI is InChI=1S/C10H20NO7P.C9H12N2O2/c1-10(2,3)18-9(13)11-7(8(12)15-4)19(14,16-5)17-6;1-7(9(12)13-3)6-8-10-4-5-11(8)2/h7H,1-6H3,(H,11,13);4-6H,1-3H3/b;7-6-. The molecular weight excluding hydrogens is 445 g/mol. The average molecular weight is 477 g/mol. The first-order valence-corrected chi connectivity index (χ1v) is 10.9. The smallest absolute Gasteiger partial charge is 0.408 e. The third kappa shape index (κ3) is 9.63. The third-order valence-electron chi connectivity index (χ3n) is 3.61. The highest BCUT2D eigenvalue weighted by atomic mass is 31.2. The lowest BCUT2D eigenvalue weighted by Gasteiger charge is -2.25. The van der Waals surface area contributed by atoms with Crippen molar-refractivity contribution < 1.29 is 42.2 Å². The van der Waals surface area contributed by atoms with Crippen molar-refractivity contribution in [3.05, 3.63) is 23.8 Å². The van der Waals surface area contributed by atoms with Crippen molar-refractivity contribution >= 4 is 31.7 Å². The van der Waals surface area contributed by atoms with E-state index in [9.17, 15) is 18.9 Å². The van der Waals surface area contributed by atoms with Crippen molar-refractivity contribution in [2.24, 2.45) is 7.05 Å². The van der Waals surface area contributed by atoms with Crippen molar-refractivity contribution in [2.75, 3.05) is 28.4 Å². The van der Waals surface area contributed by atoms with Gasteiger partial charge in [0.05, 0.1) is 14.2 Å². The number of methoxy groups -OCH3 is 2. The second-order valence-electron chi connectivity index (χ2n) is 7.19. The summed E-state index contributed by atoms with van der Waals surface area (Å²) in [5.41, 5.74) is -0.230. The maximum absolute atomic E-state index is 12.1. The van der Waals surface area contributed by atoms with E-state index in [1.807, 2.05) is 17.8 Å². The molecule has 182 valence electrons. The summed E-state index contributed by atoms with van der Waals surface area (Å²) < 4.78 is 37.3. The maximum atomic E-state index is 12.1. The zero-order valence-electron chi connectivity index (χ0n) is 19.8. The monoisotopic (exact) mass is 477 g/mol. The fourth-order valence-electron chi connectivity index (χ4n) is 2.01. The van der Waals surface area contributed by atoms with Crippen LogP contribution in [0, 0.1) is 0 Å². The quantitative estimate of drug-likeness (QED) is 0.269. The number of imidazole rings is 1. The van der Waals surface area contributed by atoms with Gasteiger partial charge >= 0.3 is 25.6 Å². The van der Waals surface area contributed by atoms with Gasteiger partial charge < -0.3 is 27.8 Å². The Morgan fingerprint density at radius 1 is 1.12 bits per heavy atom. The molecule has 0 spiro atoms. The Labute approximate surface area is 187 Å². The largest absolute Gasteiger partial charge is 0.467 e. The summed E-state index contributed by atoms with van der Waals surface area (Å²) in [6.45, 7) is 6.63. The van der Waals surface area contributed by atoms with Crippen LogP contribution in [-0.2, 0) is 44.5 Å². The molecule has 0 saturated carbocycles. The third-order valence-corrected chi connectivity index (χ3v) is 5.60. The van der Waals surface area contributed by atoms with Gasteiger partial charge in [0.15, 0.2) is 0 Å². The molecule has 1 aromatic rings. The molecule has 0 aliphatic carbocycles. The van der Waals surface area contributed by atoms with Gasteiger partial charge in [-0.1, -0.05) is 0 Å². The van der Waals surface area contributed by atoms with E-state index in [2.05, 4.69) is 28.8 Å². The number of aromatic nitrogens is 2. The Morgan fingerprint density at radius 2 is 1.69 bits per heavy atom. The lowest BCUT2D eigenvalue weighted by atomic mass is 10.2. The van der Waals surface area contributed by atoms with Crippen LogP contribution >= 0.6 is 7.60 Å². The minimum atomic E-state index is -3.87. The number of nitrogens with zero attached hydrogens (tertiary/aromatic N) is 2. The summed E-state index contributed by atoms with van der Waals surface area (Å²) in [5, 5.41) is 2.12. The summed E-state index contributed by atoms with van der Waals surface area (Å²) in [6, 6.07) is 0. The predicted molar refractivity (Wildman–Crippen MR) is 116 cm³/mol. The van der Waals surface area contributed by atoms with Crippen molar-refractivity contribution in [3.8, 4) is 0 Å². The van der Waals surface area contributed by atoms with Gasteiger partial charge in [-0.2, -0.15) is 0 Å². The molecule has 1 aromatic heterocycles. The number of alkyl carbamates (subject to hydrolysis) is 1. The molecule has 1 heterocycles. The van der Waals surface area contributed by atoms with Crippen LogP contribution in [0.3, 0.4) is 0 Å². The van der Waals surface area contributed by atoms with Crippen LogP contribution in [0.4, 0.5) is 4.79 Å². The molecule has 0 bridgehead atoms. The van der Waals surface area contributed by atoms with Gasteiger partial charge in [0.25, 0.3) is 0 Å². The molecular formula is C19H32N3O9P. The van der Waals surface area contributed by atoms with Crippen LogP contribution < -0.4 is 5.32 Å². The fourth-order valence-corrected chi connectivity index (χ4v) is 3.21. The van der Waals surface area contributed by atoms with E-state index in [4.69, 9.17) is 4.74 Å². The maximum Gasteiger partial charge on any atom is 0.408 e. The second kappa shape index (κ2) is 13.0. The molecule has 0 saturated heterocycles. The van der Waals surface area contributed by atoms with E-state index in [1.54, 1.807) is 40.0 Å². The Bertz CT molecular complexity index is 850. The second-order valence-corrected chi connectivity index (χ2v) is 9.52. The molecule has 1 unspecified atom stereocenters. The predicted octanol–water partition coefficient (Wildman–Crippen LogP) is 2.49. The van der Waals surface area contributed by atoms with E-state index < -0.39 is 31.0 Å². The summed E-state index contributed by atoms with van der Waals surface area (Å²) in [4.78, 5) is 38.2. The molecule has 1 atom stereocenters. The lowest BCUT2D eigenvalue weighted by Crippen LogP contribution is -2.44. The highest BCUT2D eigenvalue weighted by molar-refractivity contribution is 7.55. The molecule has 13 heteroatoms. The van der Waals surface area contributed by atoms with Crippen LogP contribution in [0.2, 0.25) is 0 Å². The highest BCUT2D eigenvalue weighted by Gasteiger charge is 2.43. The molecule has 1 N–H and O–H groups in total. The molecule has 1 amide bonds. The van der Waals surface area contributed by atoms with Crippen molar-refractivity contribution in [3.63, 3.8) is 0 Å². The molecule has 12 nitrogen and oxygen atoms in total. The van der Waals surface area contributed by atoms with Crippen molar-refractivity contribution in [1.82, 2.24) is 14.9 Å². The minimum Gasteiger partial charge on any atom is -0.467 e. The number of nitrogens with one attached hydrogen (secondary N) is 1. The highest BCUT2D eigenvalue weighted by Crippen LogP contribution is 2.50. The number of hydrogen-bond donors (Lipinski definition) is 1. The number of ether oxygens (including phenoxy) is 3. The Hall–Kier alpha value is -2.69. The van der Waals surface area contributed by atoms with Crippen molar-refractivity contribution in [1.29, 1.82) is 0 Å². The van der Waals surface area contributed by atoms with E-state index in [0.29, 0.717) is 5.57 Å². The van der Waals surface area contributed by atoms with Crippen LogP contribution in [0.25, 0.3) is 6.08 Å². The number of hydrogen-bond acceptors (Lipinski definition) is 10. The Morgan fingerprint density at radius 3 is 2.06 bits per heavy atom. The molecule has 0 aliphatic heterocycles. The molecule has 32 heavy (non-hydrogen) atoms. The van der Waals surface area contributed by atoms with Crippen molar-refractivity contribution in [2.45, 2.75) is 39.1 Å². The number of amides is 1. The summed E-state index contributed by atoms with van der Waals surface area (Å²) in [5.74, 6) is -2.15. The number of carbonyl (C=O) groups excluding carboxylic acids is 3. The van der Waals surface area contributed by atoms with E-state index >= 15 is 0 Å². The summed E-state index contributed by atoms with van der Waals surface area (Å²) >= 11 is 0. The average Bonchev–Trinajstić information content (AvgIpc) is 3.13. The lowest BCUT2D eigenvalue weighted by molar-refractivity contribution is -0.141. The minimum absolute atomic E-state index is 0.331. The van der Waals surface area contributed by atoms with E-state index in [-0.39, 0.29) is 5.97 Å². The SMILES string of the molecule is COC(=O)/C(C)=C\c1nccn1C.COC(=O)C(NC(=O)OC(C)(C)C)P(=O)(OC)OC. The molecule has 0 fully saturated rings. The number of rotatable bonds is 7.